The maximum atomic E-state index is 12.1. The van der Waals surface area contributed by atoms with Crippen LogP contribution in [0.3, 0.4) is 0 Å². The highest BCUT2D eigenvalue weighted by Crippen LogP contribution is 2.36. The number of unbranched alkanes of at least 4 members (excludes halogenated alkanes) is 1. The summed E-state index contributed by atoms with van der Waals surface area (Å²) >= 11 is 0. The second-order valence-electron chi connectivity index (χ2n) is 9.10. The van der Waals surface area contributed by atoms with E-state index in [0.29, 0.717) is 6.42 Å². The van der Waals surface area contributed by atoms with E-state index in [1.54, 1.807) is 20.8 Å². The Hall–Kier alpha value is -2.32. The summed E-state index contributed by atoms with van der Waals surface area (Å²) in [5, 5.41) is 2.63. The maximum absolute atomic E-state index is 12.1. The van der Waals surface area contributed by atoms with Gasteiger partial charge in [-0.25, -0.2) is 26.4 Å². The van der Waals surface area contributed by atoms with Crippen LogP contribution in [0.15, 0.2) is 11.9 Å². The molecule has 0 aromatic carbocycles. The van der Waals surface area contributed by atoms with Crippen LogP contribution in [0.4, 0.5) is 31.1 Å². The molecule has 0 radical (unpaired) electrons. The van der Waals surface area contributed by atoms with Gasteiger partial charge in [0.25, 0.3) is 0 Å². The zero-order valence-electron chi connectivity index (χ0n) is 21.9. The highest BCUT2D eigenvalue weighted by molar-refractivity contribution is 8.13. The number of hydrogen-bond acceptors (Lipinski definition) is 9. The number of carbonyl (C=O) groups excluding carboxylic acids is 2. The van der Waals surface area contributed by atoms with E-state index in [4.69, 9.17) is 9.47 Å². The van der Waals surface area contributed by atoms with Crippen LogP contribution in [-0.4, -0.2) is 83.8 Å². The number of alkyl carbamates (subject to hydrolysis) is 1. The number of hydrogen-bond donors (Lipinski definition) is 2. The Kier molecular flexibility index (Phi) is 13.0. The van der Waals surface area contributed by atoms with Crippen molar-refractivity contribution in [2.75, 3.05) is 27.4 Å². The lowest BCUT2D eigenvalue weighted by molar-refractivity contribution is -0.826. The van der Waals surface area contributed by atoms with Crippen molar-refractivity contribution in [2.45, 2.75) is 69.6 Å². The summed E-state index contributed by atoms with van der Waals surface area (Å²) in [6.45, 7) is 9.31. The molecule has 12 nitrogen and oxygen atoms in total. The van der Waals surface area contributed by atoms with Crippen molar-refractivity contribution in [2.24, 2.45) is 0 Å². The Morgan fingerprint density at radius 2 is 1.56 bits per heavy atom. The van der Waals surface area contributed by atoms with Gasteiger partial charge in [-0.05, 0) is 27.2 Å². The first-order chi connectivity index (χ1) is 17.4. The van der Waals surface area contributed by atoms with Crippen molar-refractivity contribution in [3.63, 3.8) is 0 Å². The predicted octanol–water partition coefficient (Wildman–Crippen LogP) is 1.93. The summed E-state index contributed by atoms with van der Waals surface area (Å²) < 4.78 is 119. The van der Waals surface area contributed by atoms with Crippen LogP contribution in [0.25, 0.3) is 4.13 Å². The quantitative estimate of drug-likeness (QED) is 0.290. The number of sulfonamides is 2. The highest BCUT2D eigenvalue weighted by Gasteiger charge is 2.47. The van der Waals surface area contributed by atoms with Gasteiger partial charge in [0, 0.05) is 13.0 Å². The first-order valence-corrected chi connectivity index (χ1v) is 14.0. The second-order valence-corrected chi connectivity index (χ2v) is 12.5. The standard InChI is InChI=1S/C17H31N3O4.C2F6NO4S2/c1-7-8-9-20-12-19(5)11-13(20)10-14(15(21)23-6)18-16(22)24-17(2,3)4;3-1(4,5)14(10,11)9-15(12,13)2(6,7)8/h11,14H,7-10,12H2,1-6H3,(H,18,22);/q;-1/p+1/t14-;/m0./s1. The lowest BCUT2D eigenvalue weighted by Gasteiger charge is -2.24. The number of methoxy groups -OCH3 is 1. The molecule has 0 saturated carbocycles. The van der Waals surface area contributed by atoms with Gasteiger partial charge in [0.2, 0.25) is 0 Å². The first-order valence-electron chi connectivity index (χ1n) is 11.1. The summed E-state index contributed by atoms with van der Waals surface area (Å²) in [5.74, 6) is -0.471. The Morgan fingerprint density at radius 1 is 1.08 bits per heavy atom. The molecule has 1 aliphatic heterocycles. The number of ether oxygens (including phenoxy) is 2. The molecule has 230 valence electrons. The summed E-state index contributed by atoms with van der Waals surface area (Å²) in [4.78, 5) is 27.6. The molecule has 0 fully saturated rings. The van der Waals surface area contributed by atoms with Crippen molar-refractivity contribution in [3.8, 4) is 0 Å². The minimum absolute atomic E-state index is 0.396. The van der Waals surface area contributed by atoms with Crippen molar-refractivity contribution in [3.05, 3.63) is 16.0 Å². The van der Waals surface area contributed by atoms with E-state index < -0.39 is 54.8 Å². The van der Waals surface area contributed by atoms with E-state index in [-0.39, 0.29) is 0 Å². The lowest BCUT2D eigenvalue weighted by Crippen LogP contribution is -3.03. The van der Waals surface area contributed by atoms with E-state index in [1.807, 2.05) is 0 Å². The minimum Gasteiger partial charge on any atom is -0.467 e. The molecule has 1 amide bonds. The van der Waals surface area contributed by atoms with Crippen LogP contribution in [0, 0.1) is 0 Å². The van der Waals surface area contributed by atoms with E-state index in [2.05, 4.69) is 30.4 Å². The average molecular weight is 623 g/mol. The Balaban J connectivity index is 0.000000830. The maximum Gasteiger partial charge on any atom is 0.480 e. The van der Waals surface area contributed by atoms with Crippen molar-refractivity contribution in [1.82, 2.24) is 10.2 Å². The topological polar surface area (TPSA) is 155 Å². The number of esters is 1. The van der Waals surface area contributed by atoms with Gasteiger partial charge in [0.05, 0.1) is 19.9 Å². The zero-order valence-corrected chi connectivity index (χ0v) is 23.6. The fourth-order valence-corrected chi connectivity index (χ4v) is 4.50. The molecular formula is C19H32F6N4O8S2. The monoisotopic (exact) mass is 622 g/mol. The average Bonchev–Trinajstić information content (AvgIpc) is 3.06. The van der Waals surface area contributed by atoms with Gasteiger partial charge in [-0.15, -0.1) is 0 Å². The highest BCUT2D eigenvalue weighted by atomic mass is 32.3. The van der Waals surface area contributed by atoms with Crippen LogP contribution < -0.4 is 10.2 Å². The van der Waals surface area contributed by atoms with Crippen molar-refractivity contribution in [1.29, 1.82) is 0 Å². The van der Waals surface area contributed by atoms with Gasteiger partial charge in [-0.3, -0.25) is 4.90 Å². The van der Waals surface area contributed by atoms with E-state index >= 15 is 0 Å². The molecule has 1 heterocycles. The van der Waals surface area contributed by atoms with Gasteiger partial charge in [-0.1, -0.05) is 13.3 Å². The number of rotatable bonds is 9. The summed E-state index contributed by atoms with van der Waals surface area (Å²) in [6.07, 6.45) is 4.07. The SMILES string of the molecule is CCCCN1C[NH+](C)C=C1C[C@H](NC(=O)OC(C)(C)C)C(=O)OC.O=S(=O)([N-]S(=O)(=O)C(F)(F)F)C(F)(F)F. The number of carbonyl (C=O) groups is 2. The summed E-state index contributed by atoms with van der Waals surface area (Å²) in [5.41, 5.74) is -12.0. The second kappa shape index (κ2) is 13.8. The molecular weight excluding hydrogens is 590 g/mol. The van der Waals surface area contributed by atoms with Gasteiger partial charge < -0.3 is 23.8 Å². The smallest absolute Gasteiger partial charge is 0.467 e. The first kappa shape index (κ1) is 36.7. The van der Waals surface area contributed by atoms with Crippen molar-refractivity contribution >= 4 is 32.1 Å². The number of nitrogens with one attached hydrogen (secondary N) is 2. The largest absolute Gasteiger partial charge is 0.480 e. The van der Waals surface area contributed by atoms with Crippen LogP contribution in [-0.2, 0) is 34.3 Å². The molecule has 0 aliphatic carbocycles. The molecule has 0 aromatic heterocycles. The van der Waals surface area contributed by atoms with Gasteiger partial charge in [-0.2, -0.15) is 26.3 Å². The number of quaternary nitrogens is 1. The van der Waals surface area contributed by atoms with E-state index in [0.717, 1.165) is 35.9 Å². The Labute approximate surface area is 222 Å². The Morgan fingerprint density at radius 3 is 1.95 bits per heavy atom. The molecule has 0 bridgehead atoms. The number of amides is 1. The van der Waals surface area contributed by atoms with Gasteiger partial charge >= 0.3 is 23.1 Å². The third kappa shape index (κ3) is 12.6. The van der Waals surface area contributed by atoms with Crippen LogP contribution >= 0.6 is 0 Å². The lowest BCUT2D eigenvalue weighted by atomic mass is 10.1. The summed E-state index contributed by atoms with van der Waals surface area (Å²) in [6, 6.07) is -0.758. The fraction of sp³-hybridized carbons (Fsp3) is 0.789. The molecule has 20 heteroatoms. The molecule has 1 rings (SSSR count). The van der Waals surface area contributed by atoms with Gasteiger partial charge in [0.15, 0.2) is 26.7 Å². The molecule has 39 heavy (non-hydrogen) atoms. The van der Waals surface area contributed by atoms with Gasteiger partial charge in [0.1, 0.15) is 17.8 Å². The minimum atomic E-state index is -6.72. The van der Waals surface area contributed by atoms with Crippen LogP contribution in [0.5, 0.6) is 0 Å². The Bertz CT molecular complexity index is 1040. The third-order valence-electron chi connectivity index (χ3n) is 4.41. The van der Waals surface area contributed by atoms with Crippen LogP contribution in [0.1, 0.15) is 47.0 Å². The predicted molar refractivity (Wildman–Crippen MR) is 125 cm³/mol. The molecule has 0 aromatic rings. The fourth-order valence-electron chi connectivity index (χ4n) is 2.79. The number of alkyl halides is 6. The van der Waals surface area contributed by atoms with Crippen molar-refractivity contribution < 1.29 is 67.1 Å². The molecule has 0 saturated heterocycles. The van der Waals surface area contributed by atoms with E-state index in [9.17, 15) is 52.8 Å². The molecule has 2 atom stereocenters. The number of halogens is 6. The summed E-state index contributed by atoms with van der Waals surface area (Å²) in [7, 11) is -10.1. The van der Waals surface area contributed by atoms with E-state index in [1.165, 1.54) is 12.0 Å². The van der Waals surface area contributed by atoms with Crippen LogP contribution in [0.2, 0.25) is 0 Å². The third-order valence-corrected chi connectivity index (χ3v) is 7.15. The normalized spacial score (nSPS) is 17.5. The molecule has 1 aliphatic rings. The zero-order chi connectivity index (χ0) is 31.0. The number of nitrogens with zero attached hydrogens (tertiary/aromatic N) is 2. The molecule has 0 spiro atoms. The molecule has 1 unspecified atom stereocenters. The molecule has 2 N–H and O–H groups in total.